The molecule has 0 spiro atoms. The van der Waals surface area contributed by atoms with E-state index in [0.29, 0.717) is 17.7 Å². The minimum Gasteiger partial charge on any atom is -0.289 e. The van der Waals surface area contributed by atoms with Crippen molar-refractivity contribution in [1.82, 2.24) is 0 Å². The van der Waals surface area contributed by atoms with Gasteiger partial charge in [-0.25, -0.2) is 0 Å². The summed E-state index contributed by atoms with van der Waals surface area (Å²) in [5.41, 5.74) is -3.33. The number of alkyl halides is 6. The summed E-state index contributed by atoms with van der Waals surface area (Å²) in [6.07, 6.45) is -7.82. The Hall–Kier alpha value is -2.57. The summed E-state index contributed by atoms with van der Waals surface area (Å²) in [5, 5.41) is 0. The molecular weight excluding hydrogens is 334 g/mol. The summed E-state index contributed by atoms with van der Waals surface area (Å²) in [7, 11) is 0. The zero-order valence-corrected chi connectivity index (χ0v) is 11.9. The van der Waals surface area contributed by atoms with Crippen molar-refractivity contribution >= 4 is 11.9 Å². The van der Waals surface area contributed by atoms with Gasteiger partial charge in [-0.2, -0.15) is 26.3 Å². The highest BCUT2D eigenvalue weighted by molar-refractivity contribution is 6.08. The van der Waals surface area contributed by atoms with Crippen LogP contribution in [0.15, 0.2) is 54.6 Å². The summed E-state index contributed by atoms with van der Waals surface area (Å²) in [6, 6.07) is 9.26. The molecule has 0 heterocycles. The van der Waals surface area contributed by atoms with E-state index >= 15 is 0 Å². The Morgan fingerprint density at radius 1 is 0.833 bits per heavy atom. The summed E-state index contributed by atoms with van der Waals surface area (Å²) >= 11 is 0. The Kier molecular flexibility index (Phi) is 4.82. The SMILES string of the molecule is O=C(/C=C/c1ccccc1)c1ccc(C(F)(F)F)cc1C(F)(F)F. The first-order valence-electron chi connectivity index (χ1n) is 6.65. The molecule has 1 nitrogen and oxygen atoms in total. The molecule has 0 aliphatic carbocycles. The van der Waals surface area contributed by atoms with Gasteiger partial charge in [0, 0.05) is 5.56 Å². The van der Waals surface area contributed by atoms with Crippen molar-refractivity contribution in [3.05, 3.63) is 76.9 Å². The van der Waals surface area contributed by atoms with E-state index in [2.05, 4.69) is 0 Å². The minimum atomic E-state index is -5.08. The molecule has 0 radical (unpaired) electrons. The lowest BCUT2D eigenvalue weighted by Gasteiger charge is -2.14. The molecule has 0 fully saturated rings. The molecular formula is C17H10F6O. The van der Waals surface area contributed by atoms with Crippen LogP contribution in [0.25, 0.3) is 6.08 Å². The summed E-state index contributed by atoms with van der Waals surface area (Å²) in [4.78, 5) is 12.0. The van der Waals surface area contributed by atoms with Crippen molar-refractivity contribution < 1.29 is 31.1 Å². The van der Waals surface area contributed by atoms with Gasteiger partial charge in [0.2, 0.25) is 0 Å². The van der Waals surface area contributed by atoms with Gasteiger partial charge in [-0.3, -0.25) is 4.79 Å². The van der Waals surface area contributed by atoms with Gasteiger partial charge in [0.15, 0.2) is 5.78 Å². The largest absolute Gasteiger partial charge is 0.417 e. The molecule has 0 aliphatic heterocycles. The van der Waals surface area contributed by atoms with Crippen molar-refractivity contribution in [2.75, 3.05) is 0 Å². The monoisotopic (exact) mass is 344 g/mol. The van der Waals surface area contributed by atoms with Gasteiger partial charge in [0.1, 0.15) is 0 Å². The highest BCUT2D eigenvalue weighted by Gasteiger charge is 2.39. The van der Waals surface area contributed by atoms with Crippen LogP contribution in [-0.2, 0) is 12.4 Å². The topological polar surface area (TPSA) is 17.1 Å². The van der Waals surface area contributed by atoms with Crippen LogP contribution in [-0.4, -0.2) is 5.78 Å². The molecule has 2 aromatic carbocycles. The maximum atomic E-state index is 13.0. The van der Waals surface area contributed by atoms with Crippen molar-refractivity contribution in [3.63, 3.8) is 0 Å². The fourth-order valence-electron chi connectivity index (χ4n) is 2.00. The van der Waals surface area contributed by atoms with E-state index in [4.69, 9.17) is 0 Å². The maximum absolute atomic E-state index is 13.0. The molecule has 0 N–H and O–H groups in total. The van der Waals surface area contributed by atoms with Gasteiger partial charge in [0.25, 0.3) is 0 Å². The van der Waals surface area contributed by atoms with Gasteiger partial charge in [-0.05, 0) is 29.8 Å². The number of allylic oxidation sites excluding steroid dienone is 1. The Labute approximate surface area is 133 Å². The van der Waals surface area contributed by atoms with Crippen molar-refractivity contribution in [2.45, 2.75) is 12.4 Å². The van der Waals surface area contributed by atoms with Crippen LogP contribution in [0.1, 0.15) is 27.0 Å². The number of carbonyl (C=O) groups excluding carboxylic acids is 1. The molecule has 2 rings (SSSR count). The Balaban J connectivity index is 2.42. The van der Waals surface area contributed by atoms with Crippen molar-refractivity contribution in [1.29, 1.82) is 0 Å². The van der Waals surface area contributed by atoms with Gasteiger partial charge >= 0.3 is 12.4 Å². The molecule has 24 heavy (non-hydrogen) atoms. The number of ketones is 1. The van der Waals surface area contributed by atoms with Crippen LogP contribution in [0.3, 0.4) is 0 Å². The highest BCUT2D eigenvalue weighted by Crippen LogP contribution is 2.37. The molecule has 0 unspecified atom stereocenters. The number of benzene rings is 2. The third kappa shape index (κ3) is 4.24. The van der Waals surface area contributed by atoms with Crippen LogP contribution in [0.5, 0.6) is 0 Å². The van der Waals surface area contributed by atoms with E-state index < -0.39 is 34.8 Å². The Morgan fingerprint density at radius 2 is 1.46 bits per heavy atom. The van der Waals surface area contributed by atoms with Gasteiger partial charge in [-0.15, -0.1) is 0 Å². The lowest BCUT2D eigenvalue weighted by molar-refractivity contribution is -0.143. The summed E-state index contributed by atoms with van der Waals surface area (Å²) in [5.74, 6) is -1.03. The summed E-state index contributed by atoms with van der Waals surface area (Å²) in [6.45, 7) is 0. The van der Waals surface area contributed by atoms with E-state index in [9.17, 15) is 31.1 Å². The predicted octanol–water partition coefficient (Wildman–Crippen LogP) is 5.62. The lowest BCUT2D eigenvalue weighted by atomic mass is 9.99. The first kappa shape index (κ1) is 17.8. The first-order valence-corrected chi connectivity index (χ1v) is 6.65. The van der Waals surface area contributed by atoms with E-state index in [1.54, 1.807) is 30.3 Å². The highest BCUT2D eigenvalue weighted by atomic mass is 19.4. The van der Waals surface area contributed by atoms with Crippen LogP contribution in [0.2, 0.25) is 0 Å². The third-order valence-corrected chi connectivity index (χ3v) is 3.14. The van der Waals surface area contributed by atoms with Gasteiger partial charge in [0.05, 0.1) is 11.1 Å². The molecule has 0 aliphatic rings. The van der Waals surface area contributed by atoms with E-state index in [1.165, 1.54) is 6.08 Å². The molecule has 7 heteroatoms. The average molecular weight is 344 g/mol. The number of halogens is 6. The van der Waals surface area contributed by atoms with Crippen LogP contribution in [0, 0.1) is 0 Å². The average Bonchev–Trinajstić information content (AvgIpc) is 2.51. The number of hydrogen-bond donors (Lipinski definition) is 0. The normalized spacial score (nSPS) is 12.6. The van der Waals surface area contributed by atoms with Gasteiger partial charge in [-0.1, -0.05) is 36.4 Å². The second kappa shape index (κ2) is 6.51. The number of hydrogen-bond acceptors (Lipinski definition) is 1. The van der Waals surface area contributed by atoms with Crippen molar-refractivity contribution in [2.24, 2.45) is 0 Å². The fourth-order valence-corrected chi connectivity index (χ4v) is 2.00. The van der Waals surface area contributed by atoms with Crippen LogP contribution in [0.4, 0.5) is 26.3 Å². The summed E-state index contributed by atoms with van der Waals surface area (Å²) < 4.78 is 76.8. The minimum absolute atomic E-state index is 0.0520. The smallest absolute Gasteiger partial charge is 0.289 e. The zero-order valence-electron chi connectivity index (χ0n) is 11.9. The molecule has 0 atom stereocenters. The Morgan fingerprint density at radius 3 is 2.00 bits per heavy atom. The van der Waals surface area contributed by atoms with Gasteiger partial charge < -0.3 is 0 Å². The van der Waals surface area contributed by atoms with Crippen LogP contribution >= 0.6 is 0 Å². The number of carbonyl (C=O) groups is 1. The lowest BCUT2D eigenvalue weighted by Crippen LogP contribution is -2.15. The zero-order chi connectivity index (χ0) is 18.0. The second-order valence-electron chi connectivity index (χ2n) is 4.86. The van der Waals surface area contributed by atoms with Crippen molar-refractivity contribution in [3.8, 4) is 0 Å². The molecule has 0 amide bonds. The number of rotatable bonds is 3. The molecule has 0 saturated carbocycles. The predicted molar refractivity (Wildman–Crippen MR) is 76.3 cm³/mol. The fraction of sp³-hybridized carbons (Fsp3) is 0.118. The molecule has 0 bridgehead atoms. The standard InChI is InChI=1S/C17H10F6O/c18-16(19,20)12-7-8-13(14(10-12)17(21,22)23)15(24)9-6-11-4-2-1-3-5-11/h1-10H/b9-6+. The molecule has 126 valence electrons. The van der Waals surface area contributed by atoms with E-state index in [0.717, 1.165) is 6.08 Å². The van der Waals surface area contributed by atoms with E-state index in [-0.39, 0.29) is 6.07 Å². The molecule has 0 saturated heterocycles. The van der Waals surface area contributed by atoms with Crippen LogP contribution < -0.4 is 0 Å². The molecule has 2 aromatic rings. The maximum Gasteiger partial charge on any atom is 0.417 e. The Bertz CT molecular complexity index is 757. The molecule has 0 aromatic heterocycles. The second-order valence-corrected chi connectivity index (χ2v) is 4.86. The third-order valence-electron chi connectivity index (χ3n) is 3.14. The first-order chi connectivity index (χ1) is 11.1. The quantitative estimate of drug-likeness (QED) is 0.401. The van der Waals surface area contributed by atoms with E-state index in [1.807, 2.05) is 0 Å².